The molecule has 6 heteroatoms. The van der Waals surface area contributed by atoms with Crippen LogP contribution in [0.4, 0.5) is 0 Å². The minimum atomic E-state index is -0.225. The molecule has 3 rings (SSSR count). The Morgan fingerprint density at radius 1 is 1.15 bits per heavy atom. The predicted molar refractivity (Wildman–Crippen MR) is 98.0 cm³/mol. The quantitative estimate of drug-likeness (QED) is 0.861. The fourth-order valence-electron chi connectivity index (χ4n) is 3.28. The van der Waals surface area contributed by atoms with Crippen LogP contribution in [-0.4, -0.2) is 37.3 Å². The molecule has 1 fully saturated rings. The third-order valence-corrected chi connectivity index (χ3v) is 4.59. The number of aryl methyl sites for hydroxylation is 1. The van der Waals surface area contributed by atoms with Gasteiger partial charge in [-0.2, -0.15) is 0 Å². The fourth-order valence-corrected chi connectivity index (χ4v) is 3.28. The van der Waals surface area contributed by atoms with Crippen LogP contribution in [0.15, 0.2) is 36.5 Å². The monoisotopic (exact) mass is 356 g/mol. The van der Waals surface area contributed by atoms with Gasteiger partial charge in [0.25, 0.3) is 5.91 Å². The molecule has 0 saturated heterocycles. The van der Waals surface area contributed by atoms with Gasteiger partial charge in [0.15, 0.2) is 0 Å². The molecule has 138 valence electrons. The molecular weight excluding hydrogens is 332 g/mol. The molecule has 2 aromatic rings. The largest absolute Gasteiger partial charge is 0.496 e. The van der Waals surface area contributed by atoms with E-state index in [0.29, 0.717) is 22.9 Å². The van der Waals surface area contributed by atoms with E-state index in [-0.39, 0.29) is 18.1 Å². The lowest BCUT2D eigenvalue weighted by Crippen LogP contribution is -2.42. The minimum Gasteiger partial charge on any atom is -0.496 e. The first-order valence-electron chi connectivity index (χ1n) is 8.73. The van der Waals surface area contributed by atoms with E-state index in [1.165, 1.54) is 14.2 Å². The van der Waals surface area contributed by atoms with Crippen LogP contribution in [0.2, 0.25) is 0 Å². The van der Waals surface area contributed by atoms with Gasteiger partial charge in [0, 0.05) is 12.3 Å². The van der Waals surface area contributed by atoms with Crippen molar-refractivity contribution in [3.8, 4) is 17.4 Å². The second-order valence-electron chi connectivity index (χ2n) is 6.38. The van der Waals surface area contributed by atoms with Crippen LogP contribution in [0.5, 0.6) is 17.4 Å². The first-order chi connectivity index (χ1) is 12.6. The fraction of sp³-hybridized carbons (Fsp3) is 0.400. The Kier molecular flexibility index (Phi) is 5.61. The van der Waals surface area contributed by atoms with E-state index in [9.17, 15) is 4.79 Å². The molecule has 1 amide bonds. The van der Waals surface area contributed by atoms with Crippen LogP contribution >= 0.6 is 0 Å². The number of hydrogen-bond acceptors (Lipinski definition) is 5. The third-order valence-electron chi connectivity index (χ3n) is 4.59. The molecule has 1 aliphatic rings. The number of amides is 1. The first kappa shape index (κ1) is 18.0. The van der Waals surface area contributed by atoms with E-state index in [0.717, 1.165) is 24.8 Å². The molecule has 0 unspecified atom stereocenters. The highest BCUT2D eigenvalue weighted by Gasteiger charge is 2.32. The standard InChI is InChI=1S/C20H24N2O4/c1-13-10-11-21-18(12-13)26-15-7-4-6-14(15)22-20(23)19-16(24-2)8-5-9-17(19)25-3/h5,8-12,14-15H,4,6-7H2,1-3H3,(H,22,23)/t14-,15-/m0/s1. The number of carbonyl (C=O) groups excluding carboxylic acids is 1. The average molecular weight is 356 g/mol. The molecule has 26 heavy (non-hydrogen) atoms. The van der Waals surface area contributed by atoms with Crippen molar-refractivity contribution < 1.29 is 19.0 Å². The molecule has 1 aliphatic carbocycles. The van der Waals surface area contributed by atoms with Crippen molar-refractivity contribution >= 4 is 5.91 Å². The zero-order chi connectivity index (χ0) is 18.5. The topological polar surface area (TPSA) is 69.7 Å². The summed E-state index contributed by atoms with van der Waals surface area (Å²) in [5.74, 6) is 1.33. The third kappa shape index (κ3) is 3.90. The summed E-state index contributed by atoms with van der Waals surface area (Å²) in [4.78, 5) is 17.1. The Balaban J connectivity index is 1.74. The van der Waals surface area contributed by atoms with Gasteiger partial charge >= 0.3 is 0 Å². The van der Waals surface area contributed by atoms with Crippen molar-refractivity contribution in [2.45, 2.75) is 38.3 Å². The molecule has 1 heterocycles. The minimum absolute atomic E-state index is 0.0839. The predicted octanol–water partition coefficient (Wildman–Crippen LogP) is 3.14. The molecule has 0 spiro atoms. The SMILES string of the molecule is COc1cccc(OC)c1C(=O)N[C@H]1CCC[C@@H]1Oc1cc(C)ccn1. The second kappa shape index (κ2) is 8.08. The molecule has 6 nitrogen and oxygen atoms in total. The molecule has 1 N–H and O–H groups in total. The molecule has 1 aromatic heterocycles. The zero-order valence-corrected chi connectivity index (χ0v) is 15.3. The Bertz CT molecular complexity index is 756. The number of hydrogen-bond donors (Lipinski definition) is 1. The van der Waals surface area contributed by atoms with Crippen molar-refractivity contribution in [1.82, 2.24) is 10.3 Å². The number of pyridine rings is 1. The summed E-state index contributed by atoms with van der Waals surface area (Å²) in [7, 11) is 3.08. The van der Waals surface area contributed by atoms with Gasteiger partial charge < -0.3 is 19.5 Å². The molecular formula is C20H24N2O4. The van der Waals surface area contributed by atoms with E-state index in [2.05, 4.69) is 10.3 Å². The number of aromatic nitrogens is 1. The van der Waals surface area contributed by atoms with Gasteiger partial charge in [0.05, 0.1) is 20.3 Å². The van der Waals surface area contributed by atoms with Gasteiger partial charge in [-0.05, 0) is 49.9 Å². The number of rotatable bonds is 6. The van der Waals surface area contributed by atoms with Crippen LogP contribution in [0, 0.1) is 6.92 Å². The molecule has 0 radical (unpaired) electrons. The maximum absolute atomic E-state index is 12.9. The maximum atomic E-state index is 12.9. The summed E-state index contributed by atoms with van der Waals surface area (Å²) >= 11 is 0. The Morgan fingerprint density at radius 3 is 2.54 bits per heavy atom. The highest BCUT2D eigenvalue weighted by molar-refractivity contribution is 6.00. The lowest BCUT2D eigenvalue weighted by atomic mass is 10.1. The number of nitrogens with one attached hydrogen (secondary N) is 1. The summed E-state index contributed by atoms with van der Waals surface area (Å²) in [5.41, 5.74) is 1.49. The Morgan fingerprint density at radius 2 is 1.88 bits per heavy atom. The average Bonchev–Trinajstić information content (AvgIpc) is 3.07. The van der Waals surface area contributed by atoms with Crippen LogP contribution in [0.1, 0.15) is 35.2 Å². The highest BCUT2D eigenvalue weighted by Crippen LogP contribution is 2.30. The summed E-state index contributed by atoms with van der Waals surface area (Å²) < 4.78 is 16.7. The van der Waals surface area contributed by atoms with Gasteiger partial charge in [-0.3, -0.25) is 4.79 Å². The van der Waals surface area contributed by atoms with Crippen molar-refractivity contribution in [2.75, 3.05) is 14.2 Å². The van der Waals surface area contributed by atoms with Crippen molar-refractivity contribution in [3.63, 3.8) is 0 Å². The van der Waals surface area contributed by atoms with E-state index in [1.807, 2.05) is 19.1 Å². The van der Waals surface area contributed by atoms with E-state index in [4.69, 9.17) is 14.2 Å². The van der Waals surface area contributed by atoms with E-state index in [1.54, 1.807) is 24.4 Å². The van der Waals surface area contributed by atoms with Crippen molar-refractivity contribution in [2.24, 2.45) is 0 Å². The summed E-state index contributed by atoms with van der Waals surface area (Å²) in [6.07, 6.45) is 4.36. The van der Waals surface area contributed by atoms with Crippen molar-refractivity contribution in [3.05, 3.63) is 47.7 Å². The lowest BCUT2D eigenvalue weighted by molar-refractivity contribution is 0.0884. The molecule has 0 aliphatic heterocycles. The van der Waals surface area contributed by atoms with Gasteiger partial charge in [0.1, 0.15) is 23.2 Å². The second-order valence-corrected chi connectivity index (χ2v) is 6.38. The summed E-state index contributed by atoms with van der Waals surface area (Å²) in [5, 5.41) is 3.08. The summed E-state index contributed by atoms with van der Waals surface area (Å²) in [6.45, 7) is 2.00. The number of nitrogens with zero attached hydrogens (tertiary/aromatic N) is 1. The summed E-state index contributed by atoms with van der Waals surface area (Å²) in [6, 6.07) is 9.03. The van der Waals surface area contributed by atoms with Gasteiger partial charge in [-0.25, -0.2) is 4.98 Å². The first-order valence-corrected chi connectivity index (χ1v) is 8.73. The lowest BCUT2D eigenvalue weighted by Gasteiger charge is -2.23. The normalized spacial score (nSPS) is 19.0. The number of carbonyl (C=O) groups is 1. The molecule has 1 aromatic carbocycles. The smallest absolute Gasteiger partial charge is 0.259 e. The van der Waals surface area contributed by atoms with Crippen LogP contribution in [0.3, 0.4) is 0 Å². The zero-order valence-electron chi connectivity index (χ0n) is 15.3. The molecule has 1 saturated carbocycles. The van der Waals surface area contributed by atoms with E-state index >= 15 is 0 Å². The highest BCUT2D eigenvalue weighted by atomic mass is 16.5. The van der Waals surface area contributed by atoms with Gasteiger partial charge in [-0.15, -0.1) is 0 Å². The number of benzene rings is 1. The Hall–Kier alpha value is -2.76. The number of methoxy groups -OCH3 is 2. The van der Waals surface area contributed by atoms with E-state index < -0.39 is 0 Å². The molecule has 2 atom stereocenters. The van der Waals surface area contributed by atoms with Crippen LogP contribution in [0.25, 0.3) is 0 Å². The van der Waals surface area contributed by atoms with Crippen LogP contribution in [-0.2, 0) is 0 Å². The van der Waals surface area contributed by atoms with Gasteiger partial charge in [0.2, 0.25) is 5.88 Å². The van der Waals surface area contributed by atoms with Gasteiger partial charge in [-0.1, -0.05) is 6.07 Å². The van der Waals surface area contributed by atoms with Crippen molar-refractivity contribution in [1.29, 1.82) is 0 Å². The number of ether oxygens (including phenoxy) is 3. The van der Waals surface area contributed by atoms with Crippen LogP contribution < -0.4 is 19.5 Å². The maximum Gasteiger partial charge on any atom is 0.259 e. The Labute approximate surface area is 153 Å². The molecule has 0 bridgehead atoms.